The van der Waals surface area contributed by atoms with Gasteiger partial charge in [-0.1, -0.05) is 13.8 Å². The lowest BCUT2D eigenvalue weighted by Crippen LogP contribution is -2.45. The molecule has 0 saturated carbocycles. The smallest absolute Gasteiger partial charge is 0.195 e. The van der Waals surface area contributed by atoms with Gasteiger partial charge in [-0.05, 0) is 13.1 Å². The first-order chi connectivity index (χ1) is 6.60. The first-order valence-corrected chi connectivity index (χ1v) is 4.76. The second-order valence-corrected chi connectivity index (χ2v) is 2.87. The van der Waals surface area contributed by atoms with Crippen molar-refractivity contribution in [3.8, 4) is 0 Å². The number of nitrogens with two attached hydrogens (primary N) is 1. The van der Waals surface area contributed by atoms with Crippen molar-refractivity contribution < 1.29 is 0 Å². The Hall–Kier alpha value is -1.30. The molecule has 0 rings (SSSR count). The van der Waals surface area contributed by atoms with Gasteiger partial charge in [0.1, 0.15) is 0 Å². The second-order valence-electron chi connectivity index (χ2n) is 2.87. The zero-order valence-electron chi connectivity index (χ0n) is 8.85. The molecule has 0 aromatic rings. The third-order valence-corrected chi connectivity index (χ3v) is 1.88. The minimum atomic E-state index is -0.217. The average molecular weight is 200 g/mol. The van der Waals surface area contributed by atoms with E-state index in [0.29, 0.717) is 6.54 Å². The summed E-state index contributed by atoms with van der Waals surface area (Å²) >= 11 is 0. The van der Waals surface area contributed by atoms with Crippen LogP contribution in [0.5, 0.6) is 0 Å². The van der Waals surface area contributed by atoms with E-state index in [9.17, 15) is 0 Å². The van der Waals surface area contributed by atoms with Crippen LogP contribution in [-0.2, 0) is 0 Å². The molecule has 14 heavy (non-hydrogen) atoms. The molecular weight excluding hydrogens is 180 g/mol. The van der Waals surface area contributed by atoms with Crippen LogP contribution in [0.15, 0.2) is 0 Å². The first kappa shape index (κ1) is 12.7. The van der Waals surface area contributed by atoms with Crippen molar-refractivity contribution in [2.24, 2.45) is 5.73 Å². The normalized spacial score (nSPS) is 9.93. The van der Waals surface area contributed by atoms with Crippen LogP contribution in [-0.4, -0.2) is 43.0 Å². The SMILES string of the molecule is CCN(CC)CCNC(=N)NC(=N)N. The molecule has 0 radical (unpaired) electrons. The van der Waals surface area contributed by atoms with Gasteiger partial charge in [0.2, 0.25) is 0 Å². The van der Waals surface area contributed by atoms with Gasteiger partial charge in [-0.15, -0.1) is 0 Å². The molecule has 0 heterocycles. The molecule has 0 aliphatic carbocycles. The zero-order valence-corrected chi connectivity index (χ0v) is 8.85. The molecule has 6 heteroatoms. The van der Waals surface area contributed by atoms with Gasteiger partial charge in [0, 0.05) is 13.1 Å². The average Bonchev–Trinajstić information content (AvgIpc) is 2.11. The lowest BCUT2D eigenvalue weighted by molar-refractivity contribution is 0.308. The van der Waals surface area contributed by atoms with E-state index in [0.717, 1.165) is 19.6 Å². The summed E-state index contributed by atoms with van der Waals surface area (Å²) in [6.45, 7) is 7.78. The molecule has 0 atom stereocenters. The number of likely N-dealkylation sites (N-methyl/N-ethyl adjacent to an activating group) is 1. The lowest BCUT2D eigenvalue weighted by Gasteiger charge is -2.18. The Morgan fingerprint density at radius 1 is 1.29 bits per heavy atom. The highest BCUT2D eigenvalue weighted by Crippen LogP contribution is 1.83. The Morgan fingerprint density at radius 3 is 2.29 bits per heavy atom. The van der Waals surface area contributed by atoms with Crippen molar-refractivity contribution in [3.05, 3.63) is 0 Å². The number of hydrogen-bond acceptors (Lipinski definition) is 3. The summed E-state index contributed by atoms with van der Waals surface area (Å²) in [5.41, 5.74) is 5.06. The van der Waals surface area contributed by atoms with Crippen LogP contribution >= 0.6 is 0 Å². The van der Waals surface area contributed by atoms with Gasteiger partial charge in [0.15, 0.2) is 11.9 Å². The molecule has 0 unspecified atom stereocenters. The fourth-order valence-corrected chi connectivity index (χ4v) is 1.06. The largest absolute Gasteiger partial charge is 0.370 e. The molecule has 6 nitrogen and oxygen atoms in total. The Kier molecular flexibility index (Phi) is 6.47. The number of nitrogens with zero attached hydrogens (tertiary/aromatic N) is 1. The van der Waals surface area contributed by atoms with Gasteiger partial charge in [-0.25, -0.2) is 0 Å². The maximum absolute atomic E-state index is 7.32. The molecular formula is C8H20N6. The molecule has 0 aromatic carbocycles. The molecule has 0 aliphatic heterocycles. The standard InChI is InChI=1S/C8H20N6/c1-3-14(4-2)6-5-12-8(11)13-7(9)10/h3-6H2,1-2H3,(H6,9,10,11,12,13). The van der Waals surface area contributed by atoms with Gasteiger partial charge < -0.3 is 16.0 Å². The Balaban J connectivity index is 3.52. The van der Waals surface area contributed by atoms with Gasteiger partial charge in [0.05, 0.1) is 0 Å². The van der Waals surface area contributed by atoms with Crippen molar-refractivity contribution in [1.29, 1.82) is 10.8 Å². The quantitative estimate of drug-likeness (QED) is 0.300. The fraction of sp³-hybridized carbons (Fsp3) is 0.750. The lowest BCUT2D eigenvalue weighted by atomic mass is 10.4. The molecule has 0 aliphatic rings. The third-order valence-electron chi connectivity index (χ3n) is 1.88. The Labute approximate surface area is 84.9 Å². The van der Waals surface area contributed by atoms with E-state index in [1.807, 2.05) is 0 Å². The molecule has 6 N–H and O–H groups in total. The molecule has 0 spiro atoms. The number of nitrogens with one attached hydrogen (secondary N) is 4. The van der Waals surface area contributed by atoms with Crippen LogP contribution in [0.4, 0.5) is 0 Å². The summed E-state index contributed by atoms with van der Waals surface area (Å²) in [7, 11) is 0. The first-order valence-electron chi connectivity index (χ1n) is 4.76. The minimum Gasteiger partial charge on any atom is -0.370 e. The topological polar surface area (TPSA) is 101 Å². The van der Waals surface area contributed by atoms with Crippen molar-refractivity contribution in [2.45, 2.75) is 13.8 Å². The predicted molar refractivity (Wildman–Crippen MR) is 58.6 cm³/mol. The Morgan fingerprint density at radius 2 is 1.86 bits per heavy atom. The molecule has 0 aromatic heterocycles. The predicted octanol–water partition coefficient (Wildman–Crippen LogP) is -0.664. The van der Waals surface area contributed by atoms with Crippen molar-refractivity contribution in [2.75, 3.05) is 26.2 Å². The van der Waals surface area contributed by atoms with Crippen LogP contribution in [0.2, 0.25) is 0 Å². The van der Waals surface area contributed by atoms with Gasteiger partial charge in [-0.2, -0.15) is 0 Å². The van der Waals surface area contributed by atoms with Crippen molar-refractivity contribution >= 4 is 11.9 Å². The van der Waals surface area contributed by atoms with E-state index in [4.69, 9.17) is 16.6 Å². The van der Waals surface area contributed by atoms with E-state index in [1.165, 1.54) is 0 Å². The summed E-state index contributed by atoms with van der Waals surface area (Å²) in [4.78, 5) is 2.24. The van der Waals surface area contributed by atoms with E-state index >= 15 is 0 Å². The summed E-state index contributed by atoms with van der Waals surface area (Å²) in [5.74, 6) is -0.144. The fourth-order valence-electron chi connectivity index (χ4n) is 1.06. The summed E-state index contributed by atoms with van der Waals surface area (Å²) in [6.07, 6.45) is 0. The summed E-state index contributed by atoms with van der Waals surface area (Å²) in [6, 6.07) is 0. The van der Waals surface area contributed by atoms with Crippen LogP contribution in [0.25, 0.3) is 0 Å². The Bertz CT molecular complexity index is 186. The monoisotopic (exact) mass is 200 g/mol. The highest BCUT2D eigenvalue weighted by molar-refractivity contribution is 5.94. The van der Waals surface area contributed by atoms with Crippen LogP contribution in [0, 0.1) is 10.8 Å². The highest BCUT2D eigenvalue weighted by Gasteiger charge is 1.99. The number of hydrogen-bond donors (Lipinski definition) is 5. The van der Waals surface area contributed by atoms with E-state index in [2.05, 4.69) is 29.4 Å². The highest BCUT2D eigenvalue weighted by atomic mass is 15.2. The molecule has 0 saturated heterocycles. The van der Waals surface area contributed by atoms with Gasteiger partial charge in [-0.3, -0.25) is 16.1 Å². The third kappa shape index (κ3) is 6.24. The van der Waals surface area contributed by atoms with Gasteiger partial charge in [0.25, 0.3) is 0 Å². The van der Waals surface area contributed by atoms with Crippen molar-refractivity contribution in [3.63, 3.8) is 0 Å². The summed E-state index contributed by atoms with van der Waals surface area (Å²) < 4.78 is 0. The number of rotatable bonds is 5. The van der Waals surface area contributed by atoms with Crippen LogP contribution in [0.1, 0.15) is 13.8 Å². The number of guanidine groups is 2. The molecule has 0 fully saturated rings. The van der Waals surface area contributed by atoms with Gasteiger partial charge >= 0.3 is 0 Å². The minimum absolute atomic E-state index is 0.0738. The maximum atomic E-state index is 7.32. The molecule has 0 amide bonds. The van der Waals surface area contributed by atoms with E-state index in [-0.39, 0.29) is 11.9 Å². The van der Waals surface area contributed by atoms with Crippen LogP contribution < -0.4 is 16.4 Å². The summed E-state index contributed by atoms with van der Waals surface area (Å²) in [5, 5.41) is 19.4. The van der Waals surface area contributed by atoms with E-state index in [1.54, 1.807) is 0 Å². The van der Waals surface area contributed by atoms with Crippen LogP contribution in [0.3, 0.4) is 0 Å². The zero-order chi connectivity index (χ0) is 11.0. The van der Waals surface area contributed by atoms with E-state index < -0.39 is 0 Å². The molecule has 0 bridgehead atoms. The van der Waals surface area contributed by atoms with Crippen molar-refractivity contribution in [1.82, 2.24) is 15.5 Å². The maximum Gasteiger partial charge on any atom is 0.195 e. The molecule has 82 valence electrons. The second kappa shape index (κ2) is 7.14.